The number of hydrogen-bond donors (Lipinski definition) is 1. The van der Waals surface area contributed by atoms with Crippen LogP contribution in [-0.2, 0) is 16.6 Å². The Kier molecular flexibility index (Phi) is 4.60. The van der Waals surface area contributed by atoms with Crippen LogP contribution in [0.4, 0.5) is 0 Å². The van der Waals surface area contributed by atoms with Gasteiger partial charge < -0.3 is 0 Å². The van der Waals surface area contributed by atoms with Crippen LogP contribution in [0.25, 0.3) is 10.4 Å². The predicted molar refractivity (Wildman–Crippen MR) is 90.9 cm³/mol. The van der Waals surface area contributed by atoms with Crippen molar-refractivity contribution in [2.45, 2.75) is 10.8 Å². The average Bonchev–Trinajstić information content (AvgIpc) is 3.17. The third-order valence-electron chi connectivity index (χ3n) is 2.88. The van der Waals surface area contributed by atoms with Gasteiger partial charge in [0.25, 0.3) is 0 Å². The minimum Gasteiger partial charge on any atom is -0.264 e. The van der Waals surface area contributed by atoms with Gasteiger partial charge in [0.2, 0.25) is 10.0 Å². The zero-order valence-electron chi connectivity index (χ0n) is 11.2. The quantitative estimate of drug-likeness (QED) is 0.738. The van der Waals surface area contributed by atoms with Crippen LogP contribution < -0.4 is 4.72 Å². The Morgan fingerprint density at radius 1 is 1.23 bits per heavy atom. The Hall–Kier alpha value is -1.25. The number of nitrogens with zero attached hydrogens (tertiary/aromatic N) is 1. The van der Waals surface area contributed by atoms with E-state index >= 15 is 0 Å². The molecule has 3 rings (SSSR count). The first-order valence-corrected chi connectivity index (χ1v) is 9.83. The Labute approximate surface area is 141 Å². The van der Waals surface area contributed by atoms with Gasteiger partial charge in [-0.15, -0.1) is 22.7 Å². The van der Waals surface area contributed by atoms with Crippen molar-refractivity contribution in [3.63, 3.8) is 0 Å². The molecule has 0 unspecified atom stereocenters. The predicted octanol–water partition coefficient (Wildman–Crippen LogP) is 4.00. The van der Waals surface area contributed by atoms with E-state index in [0.29, 0.717) is 4.34 Å². The SMILES string of the molecule is O=S(=O)(NCc1cncc(-c2cccs2)c1)c1ccc(Cl)s1. The summed E-state index contributed by atoms with van der Waals surface area (Å²) in [6.45, 7) is 0.185. The summed E-state index contributed by atoms with van der Waals surface area (Å²) in [6, 6.07) is 8.97. The van der Waals surface area contributed by atoms with E-state index in [4.69, 9.17) is 11.6 Å². The molecule has 0 aliphatic carbocycles. The molecule has 0 bridgehead atoms. The number of halogens is 1. The lowest BCUT2D eigenvalue weighted by Crippen LogP contribution is -2.22. The average molecular weight is 371 g/mol. The Morgan fingerprint density at radius 3 is 2.77 bits per heavy atom. The maximum atomic E-state index is 12.2. The summed E-state index contributed by atoms with van der Waals surface area (Å²) < 4.78 is 27.5. The highest BCUT2D eigenvalue weighted by Gasteiger charge is 2.16. The third-order valence-corrected chi connectivity index (χ3v) is 6.92. The second-order valence-electron chi connectivity index (χ2n) is 4.44. The maximum absolute atomic E-state index is 12.2. The first kappa shape index (κ1) is 15.6. The monoisotopic (exact) mass is 370 g/mol. The minimum atomic E-state index is -3.55. The fraction of sp³-hybridized carbons (Fsp3) is 0.0714. The summed E-state index contributed by atoms with van der Waals surface area (Å²) in [5.41, 5.74) is 1.78. The molecule has 4 nitrogen and oxygen atoms in total. The highest BCUT2D eigenvalue weighted by molar-refractivity contribution is 7.91. The highest BCUT2D eigenvalue weighted by Crippen LogP contribution is 2.26. The zero-order chi connectivity index (χ0) is 15.6. The van der Waals surface area contributed by atoms with Crippen LogP contribution in [-0.4, -0.2) is 13.4 Å². The van der Waals surface area contributed by atoms with Crippen molar-refractivity contribution >= 4 is 44.3 Å². The van der Waals surface area contributed by atoms with Gasteiger partial charge in [0, 0.05) is 29.4 Å². The lowest BCUT2D eigenvalue weighted by atomic mass is 10.2. The van der Waals surface area contributed by atoms with E-state index in [1.54, 1.807) is 29.8 Å². The molecule has 8 heteroatoms. The fourth-order valence-corrected chi connectivity index (χ4v) is 5.11. The van der Waals surface area contributed by atoms with Crippen molar-refractivity contribution in [2.24, 2.45) is 0 Å². The van der Waals surface area contributed by atoms with Gasteiger partial charge in [-0.05, 0) is 35.2 Å². The van der Waals surface area contributed by atoms with Gasteiger partial charge >= 0.3 is 0 Å². The summed E-state index contributed by atoms with van der Waals surface area (Å²) in [4.78, 5) is 5.27. The topological polar surface area (TPSA) is 59.1 Å². The zero-order valence-corrected chi connectivity index (χ0v) is 14.4. The Morgan fingerprint density at radius 2 is 2.09 bits per heavy atom. The summed E-state index contributed by atoms with van der Waals surface area (Å²) in [7, 11) is -3.55. The summed E-state index contributed by atoms with van der Waals surface area (Å²) in [5.74, 6) is 0. The first-order chi connectivity index (χ1) is 10.5. The summed E-state index contributed by atoms with van der Waals surface area (Å²) >= 11 is 8.43. The van der Waals surface area contributed by atoms with Crippen molar-refractivity contribution in [1.82, 2.24) is 9.71 Å². The van der Waals surface area contributed by atoms with Gasteiger partial charge in [-0.25, -0.2) is 13.1 Å². The van der Waals surface area contributed by atoms with E-state index in [9.17, 15) is 8.42 Å². The van der Waals surface area contributed by atoms with Crippen LogP contribution in [0, 0.1) is 0 Å². The fourth-order valence-electron chi connectivity index (χ4n) is 1.85. The number of rotatable bonds is 5. The largest absolute Gasteiger partial charge is 0.264 e. The van der Waals surface area contributed by atoms with E-state index in [1.165, 1.54) is 6.07 Å². The lowest BCUT2D eigenvalue weighted by molar-refractivity contribution is 0.583. The maximum Gasteiger partial charge on any atom is 0.250 e. The van der Waals surface area contributed by atoms with E-state index in [1.807, 2.05) is 23.6 Å². The molecule has 0 aromatic carbocycles. The Balaban J connectivity index is 1.75. The van der Waals surface area contributed by atoms with Gasteiger partial charge in [-0.3, -0.25) is 4.98 Å². The van der Waals surface area contributed by atoms with Crippen LogP contribution in [0.3, 0.4) is 0 Å². The number of hydrogen-bond acceptors (Lipinski definition) is 5. The highest BCUT2D eigenvalue weighted by atomic mass is 35.5. The second-order valence-corrected chi connectivity index (χ2v) is 9.10. The van der Waals surface area contributed by atoms with Crippen LogP contribution in [0.2, 0.25) is 4.34 Å². The van der Waals surface area contributed by atoms with Crippen LogP contribution >= 0.6 is 34.3 Å². The normalized spacial score (nSPS) is 11.7. The second kappa shape index (κ2) is 6.47. The molecule has 0 aliphatic heterocycles. The van der Waals surface area contributed by atoms with Crippen molar-refractivity contribution in [1.29, 1.82) is 0 Å². The molecule has 114 valence electrons. The van der Waals surface area contributed by atoms with Crippen molar-refractivity contribution in [3.05, 3.63) is 58.0 Å². The molecule has 0 saturated heterocycles. The molecule has 3 aromatic heterocycles. The molecule has 0 spiro atoms. The summed E-state index contributed by atoms with van der Waals surface area (Å²) in [6.07, 6.45) is 3.42. The number of sulfonamides is 1. The van der Waals surface area contributed by atoms with E-state index in [2.05, 4.69) is 9.71 Å². The van der Waals surface area contributed by atoms with Gasteiger partial charge in [0.1, 0.15) is 4.21 Å². The molecule has 3 aromatic rings. The first-order valence-electron chi connectivity index (χ1n) is 6.27. The van der Waals surface area contributed by atoms with Crippen molar-refractivity contribution < 1.29 is 8.42 Å². The number of nitrogens with one attached hydrogen (secondary N) is 1. The molecule has 22 heavy (non-hydrogen) atoms. The molecule has 3 heterocycles. The molecule has 0 fully saturated rings. The molecular weight excluding hydrogens is 360 g/mol. The molecule has 1 N–H and O–H groups in total. The van der Waals surface area contributed by atoms with Gasteiger partial charge in [0.05, 0.1) is 4.34 Å². The van der Waals surface area contributed by atoms with Gasteiger partial charge in [0.15, 0.2) is 0 Å². The van der Waals surface area contributed by atoms with E-state index < -0.39 is 10.0 Å². The molecule has 0 amide bonds. The number of thiophene rings is 2. The van der Waals surface area contributed by atoms with Crippen LogP contribution in [0.5, 0.6) is 0 Å². The van der Waals surface area contributed by atoms with Crippen molar-refractivity contribution in [2.75, 3.05) is 0 Å². The number of aromatic nitrogens is 1. The molecule has 0 atom stereocenters. The summed E-state index contributed by atoms with van der Waals surface area (Å²) in [5, 5.41) is 1.99. The van der Waals surface area contributed by atoms with Gasteiger partial charge in [-0.1, -0.05) is 17.7 Å². The minimum absolute atomic E-state index is 0.185. The Bertz CT molecular complexity index is 873. The van der Waals surface area contributed by atoms with Gasteiger partial charge in [-0.2, -0.15) is 0 Å². The lowest BCUT2D eigenvalue weighted by Gasteiger charge is -2.06. The van der Waals surface area contributed by atoms with Crippen molar-refractivity contribution in [3.8, 4) is 10.4 Å². The molecule has 0 aliphatic rings. The molecular formula is C14H11ClN2O2S3. The molecule has 0 radical (unpaired) electrons. The van der Waals surface area contributed by atoms with E-state index in [0.717, 1.165) is 27.3 Å². The standard InChI is InChI=1S/C14H11ClN2O2S3/c15-13-3-4-14(21-13)22(18,19)17-8-10-6-11(9-16-7-10)12-2-1-5-20-12/h1-7,9,17H,8H2. The smallest absolute Gasteiger partial charge is 0.250 e. The van der Waals surface area contributed by atoms with Crippen LogP contribution in [0.1, 0.15) is 5.56 Å². The van der Waals surface area contributed by atoms with E-state index in [-0.39, 0.29) is 10.8 Å². The number of pyridine rings is 1. The third kappa shape index (κ3) is 3.56. The van der Waals surface area contributed by atoms with Crippen LogP contribution in [0.15, 0.2) is 52.3 Å². The molecule has 0 saturated carbocycles.